The van der Waals surface area contributed by atoms with Crippen molar-refractivity contribution in [1.82, 2.24) is 0 Å². The third-order valence-corrected chi connectivity index (χ3v) is 3.87. The molecule has 1 atom stereocenters. The molecule has 1 heterocycles. The minimum absolute atomic E-state index is 0.190. The molecule has 3 rings (SSSR count). The second-order valence-corrected chi connectivity index (χ2v) is 5.89. The van der Waals surface area contributed by atoms with Gasteiger partial charge in [0.15, 0.2) is 0 Å². The van der Waals surface area contributed by atoms with Crippen molar-refractivity contribution in [3.8, 4) is 0 Å². The number of hydrogen-bond donors (Lipinski definition) is 3. The van der Waals surface area contributed by atoms with Gasteiger partial charge in [-0.2, -0.15) is 0 Å². The number of carbonyl (C=O) groups is 1. The van der Waals surface area contributed by atoms with Gasteiger partial charge in [-0.05, 0) is 36.4 Å². The summed E-state index contributed by atoms with van der Waals surface area (Å²) in [6, 6.07) is 13.6. The van der Waals surface area contributed by atoms with Crippen molar-refractivity contribution in [2.75, 3.05) is 16.0 Å². The number of hydrogen-bond acceptors (Lipinski definition) is 4. The van der Waals surface area contributed by atoms with E-state index in [1.54, 1.807) is 6.34 Å². The first kappa shape index (κ1) is 18.7. The normalized spacial score (nSPS) is 14.3. The molecule has 0 spiro atoms. The Morgan fingerprint density at radius 3 is 2.76 bits per heavy atom. The number of fused-ring (bicyclic) bond motifs is 1. The fraction of sp³-hybridized carbons (Fsp3) is 0.158. The van der Waals surface area contributed by atoms with Gasteiger partial charge in [0.25, 0.3) is 0 Å². The Balaban J connectivity index is 0.00000109. The van der Waals surface area contributed by atoms with Crippen LogP contribution in [0, 0.1) is 0 Å². The molecule has 0 saturated heterocycles. The molecule has 130 valence electrons. The quantitative estimate of drug-likeness (QED) is 0.620. The Morgan fingerprint density at radius 1 is 1.24 bits per heavy atom. The third kappa shape index (κ3) is 4.93. The van der Waals surface area contributed by atoms with Gasteiger partial charge in [0.1, 0.15) is 6.17 Å². The van der Waals surface area contributed by atoms with E-state index in [1.165, 1.54) is 6.08 Å². The Labute approximate surface area is 156 Å². The summed E-state index contributed by atoms with van der Waals surface area (Å²) in [6.45, 7) is 7.45. The van der Waals surface area contributed by atoms with Crippen molar-refractivity contribution in [2.45, 2.75) is 20.0 Å². The van der Waals surface area contributed by atoms with Gasteiger partial charge in [-0.25, -0.2) is 4.99 Å². The lowest BCUT2D eigenvalue weighted by Gasteiger charge is -2.23. The summed E-state index contributed by atoms with van der Waals surface area (Å²) in [6.07, 6.45) is 2.70. The molecule has 5 nitrogen and oxygen atoms in total. The maximum Gasteiger partial charge on any atom is 0.247 e. The van der Waals surface area contributed by atoms with Crippen LogP contribution in [0.4, 0.5) is 17.1 Å². The summed E-state index contributed by atoms with van der Waals surface area (Å²) >= 11 is 3.46. The molecule has 0 aliphatic carbocycles. The lowest BCUT2D eigenvalue weighted by molar-refractivity contribution is -0.111. The Hall–Kier alpha value is -2.60. The molecule has 0 fully saturated rings. The van der Waals surface area contributed by atoms with E-state index in [0.29, 0.717) is 5.69 Å². The van der Waals surface area contributed by atoms with Gasteiger partial charge in [0.2, 0.25) is 5.91 Å². The Kier molecular flexibility index (Phi) is 6.77. The highest BCUT2D eigenvalue weighted by molar-refractivity contribution is 9.10. The largest absolute Gasteiger partial charge is 0.360 e. The van der Waals surface area contributed by atoms with Crippen molar-refractivity contribution in [3.63, 3.8) is 0 Å². The first-order valence-corrected chi connectivity index (χ1v) is 8.82. The zero-order valence-corrected chi connectivity index (χ0v) is 15.8. The van der Waals surface area contributed by atoms with Crippen LogP contribution in [0.15, 0.2) is 64.6 Å². The van der Waals surface area contributed by atoms with Gasteiger partial charge in [0.05, 0.1) is 6.34 Å². The highest BCUT2D eigenvalue weighted by Crippen LogP contribution is 2.32. The minimum atomic E-state index is -0.238. The van der Waals surface area contributed by atoms with Crippen molar-refractivity contribution in [2.24, 2.45) is 4.99 Å². The summed E-state index contributed by atoms with van der Waals surface area (Å²) < 4.78 is 1.00. The van der Waals surface area contributed by atoms with Crippen molar-refractivity contribution in [1.29, 1.82) is 0 Å². The predicted molar refractivity (Wildman–Crippen MR) is 109 cm³/mol. The molecule has 1 amide bonds. The summed E-state index contributed by atoms with van der Waals surface area (Å²) in [7, 11) is 0. The van der Waals surface area contributed by atoms with Crippen molar-refractivity contribution >= 4 is 45.2 Å². The second kappa shape index (κ2) is 9.03. The SMILES string of the molecule is C=CC(=O)Nc1ccc2c(c1)NC=NC2Nc1cccc(Br)c1.CC. The molecular formula is C19H21BrN4O. The summed E-state index contributed by atoms with van der Waals surface area (Å²) in [5.74, 6) is -0.238. The van der Waals surface area contributed by atoms with Crippen molar-refractivity contribution < 1.29 is 4.79 Å². The van der Waals surface area contributed by atoms with Gasteiger partial charge in [0, 0.05) is 27.1 Å². The van der Waals surface area contributed by atoms with Crippen LogP contribution < -0.4 is 16.0 Å². The topological polar surface area (TPSA) is 65.5 Å². The number of benzene rings is 2. The molecule has 0 bridgehead atoms. The molecule has 1 aliphatic heterocycles. The number of amides is 1. The van der Waals surface area contributed by atoms with Gasteiger partial charge < -0.3 is 16.0 Å². The molecule has 0 radical (unpaired) electrons. The first-order valence-electron chi connectivity index (χ1n) is 8.03. The van der Waals surface area contributed by atoms with Crippen LogP contribution in [0.3, 0.4) is 0 Å². The van der Waals surface area contributed by atoms with Gasteiger partial charge in [-0.3, -0.25) is 4.79 Å². The van der Waals surface area contributed by atoms with E-state index in [4.69, 9.17) is 0 Å². The molecule has 1 unspecified atom stereocenters. The van der Waals surface area contributed by atoms with E-state index in [-0.39, 0.29) is 12.1 Å². The standard InChI is InChI=1S/C17H15BrN4O.C2H6/c1-2-16(23)21-13-6-7-14-15(9-13)19-10-20-17(14)22-12-5-3-4-11(18)8-12;1-2/h2-10,17,22H,1H2,(H,19,20)(H,21,23);1-2H3. The van der Waals surface area contributed by atoms with Crippen LogP contribution in [0.1, 0.15) is 25.6 Å². The Morgan fingerprint density at radius 2 is 2.04 bits per heavy atom. The lowest BCUT2D eigenvalue weighted by atomic mass is 10.1. The van der Waals surface area contributed by atoms with E-state index < -0.39 is 0 Å². The average molecular weight is 401 g/mol. The number of carbonyl (C=O) groups excluding carboxylic acids is 1. The zero-order valence-electron chi connectivity index (χ0n) is 14.2. The molecule has 3 N–H and O–H groups in total. The van der Waals surface area contributed by atoms with E-state index in [2.05, 4.69) is 43.5 Å². The van der Waals surface area contributed by atoms with Crippen LogP contribution in [-0.4, -0.2) is 12.2 Å². The molecule has 1 aliphatic rings. The van der Waals surface area contributed by atoms with Crippen LogP contribution >= 0.6 is 15.9 Å². The molecule has 0 aromatic heterocycles. The zero-order chi connectivity index (χ0) is 18.2. The summed E-state index contributed by atoms with van der Waals surface area (Å²) in [5, 5.41) is 9.23. The van der Waals surface area contributed by atoms with Crippen LogP contribution in [-0.2, 0) is 4.79 Å². The number of halogens is 1. The fourth-order valence-electron chi connectivity index (χ4n) is 2.30. The number of rotatable bonds is 4. The summed E-state index contributed by atoms with van der Waals surface area (Å²) in [4.78, 5) is 15.8. The number of aliphatic imine (C=N–C) groups is 1. The van der Waals surface area contributed by atoms with Gasteiger partial charge in [-0.15, -0.1) is 0 Å². The molecular weight excluding hydrogens is 380 g/mol. The monoisotopic (exact) mass is 400 g/mol. The summed E-state index contributed by atoms with van der Waals surface area (Å²) in [5.41, 5.74) is 3.58. The molecule has 25 heavy (non-hydrogen) atoms. The van der Waals surface area contributed by atoms with Crippen molar-refractivity contribution in [3.05, 3.63) is 65.2 Å². The number of anilines is 3. The van der Waals surface area contributed by atoms with Crippen LogP contribution in [0.5, 0.6) is 0 Å². The molecule has 6 heteroatoms. The first-order chi connectivity index (χ1) is 12.2. The maximum atomic E-state index is 11.4. The van der Waals surface area contributed by atoms with E-state index in [9.17, 15) is 4.79 Å². The molecule has 2 aromatic carbocycles. The van der Waals surface area contributed by atoms with E-state index in [1.807, 2.05) is 56.3 Å². The van der Waals surface area contributed by atoms with Gasteiger partial charge >= 0.3 is 0 Å². The van der Waals surface area contributed by atoms with Crippen LogP contribution in [0.2, 0.25) is 0 Å². The van der Waals surface area contributed by atoms with Crippen LogP contribution in [0.25, 0.3) is 0 Å². The third-order valence-electron chi connectivity index (χ3n) is 3.37. The smallest absolute Gasteiger partial charge is 0.247 e. The minimum Gasteiger partial charge on any atom is -0.360 e. The highest BCUT2D eigenvalue weighted by atomic mass is 79.9. The second-order valence-electron chi connectivity index (χ2n) is 4.98. The Bertz CT molecular complexity index is 789. The van der Waals surface area contributed by atoms with E-state index in [0.717, 1.165) is 21.4 Å². The predicted octanol–water partition coefficient (Wildman–Crippen LogP) is 5.16. The fourth-order valence-corrected chi connectivity index (χ4v) is 2.70. The number of nitrogens with one attached hydrogen (secondary N) is 3. The number of nitrogens with zero attached hydrogens (tertiary/aromatic N) is 1. The average Bonchev–Trinajstić information content (AvgIpc) is 2.63. The highest BCUT2D eigenvalue weighted by Gasteiger charge is 2.17. The maximum absolute atomic E-state index is 11.4. The van der Waals surface area contributed by atoms with E-state index >= 15 is 0 Å². The molecule has 2 aromatic rings. The lowest BCUT2D eigenvalue weighted by Crippen LogP contribution is -2.17. The van der Waals surface area contributed by atoms with Gasteiger partial charge in [-0.1, -0.05) is 48.5 Å². The molecule has 0 saturated carbocycles.